The second kappa shape index (κ2) is 8.09. The Kier molecular flexibility index (Phi) is 7.48. The van der Waals surface area contributed by atoms with Crippen molar-refractivity contribution in [2.75, 3.05) is 27.2 Å². The molecule has 0 aromatic heterocycles. The van der Waals surface area contributed by atoms with Gasteiger partial charge in [0, 0.05) is 0 Å². The fourth-order valence-corrected chi connectivity index (χ4v) is 7.30. The summed E-state index contributed by atoms with van der Waals surface area (Å²) in [5, 5.41) is 0. The maximum absolute atomic E-state index is 2.62. The summed E-state index contributed by atoms with van der Waals surface area (Å²) in [4.78, 5) is 12.7. The van der Waals surface area contributed by atoms with Crippen LogP contribution in [0, 0.1) is 0 Å². The van der Waals surface area contributed by atoms with Gasteiger partial charge in [0.2, 0.25) is 0 Å². The monoisotopic (exact) mass is 372 g/mol. The van der Waals surface area contributed by atoms with Crippen LogP contribution in [0.5, 0.6) is 0 Å². The second-order valence-electron chi connectivity index (χ2n) is 7.13. The van der Waals surface area contributed by atoms with Crippen molar-refractivity contribution >= 4 is 25.4 Å². The molecule has 0 aromatic carbocycles. The minimum atomic E-state index is -1.92. The van der Waals surface area contributed by atoms with Crippen LogP contribution < -0.4 is 0 Å². The molecule has 0 spiro atoms. The van der Waals surface area contributed by atoms with E-state index in [0.717, 1.165) is 0 Å². The van der Waals surface area contributed by atoms with Crippen LogP contribution in [-0.2, 0) is 0 Å². The molecule has 1 aliphatic heterocycles. The fourth-order valence-electron chi connectivity index (χ4n) is 2.80. The van der Waals surface area contributed by atoms with E-state index in [1.807, 2.05) is 3.59 Å². The zero-order valence-corrected chi connectivity index (χ0v) is 16.9. The third kappa shape index (κ3) is 5.80. The standard InChI is InChI=1S/C12H24BN2.3CH3.Sn/c1-4-5-6-7-8-9-10-13-14(2)11-12-15(13)3;;;;/h10H,4-8,11-12H2,1-3H3;3*1H3;. The van der Waals surface area contributed by atoms with E-state index in [0.29, 0.717) is 6.98 Å². The first kappa shape index (κ1) is 17.6. The van der Waals surface area contributed by atoms with Gasteiger partial charge in [0.05, 0.1) is 0 Å². The van der Waals surface area contributed by atoms with E-state index in [9.17, 15) is 0 Å². The first-order chi connectivity index (χ1) is 8.86. The number of likely N-dealkylation sites (N-methyl/N-ethyl adjacent to an activating group) is 2. The van der Waals surface area contributed by atoms with Gasteiger partial charge in [-0.25, -0.2) is 0 Å². The summed E-state index contributed by atoms with van der Waals surface area (Å²) < 4.78 is 1.84. The number of hydrogen-bond donors (Lipinski definition) is 0. The summed E-state index contributed by atoms with van der Waals surface area (Å²) in [5.41, 5.74) is 0. The Bertz CT molecular complexity index is 289. The second-order valence-corrected chi connectivity index (χ2v) is 21.8. The minimum absolute atomic E-state index is 0.553. The predicted octanol–water partition coefficient (Wildman–Crippen LogP) is 3.67. The molecule has 0 amide bonds. The molecule has 0 N–H and O–H groups in total. The van der Waals surface area contributed by atoms with Crippen LogP contribution in [0.3, 0.4) is 0 Å². The average molecular weight is 371 g/mol. The number of allylic oxidation sites excluding steroid dienone is 1. The molecule has 0 radical (unpaired) electrons. The van der Waals surface area contributed by atoms with Crippen molar-refractivity contribution in [1.82, 2.24) is 9.62 Å². The van der Waals surface area contributed by atoms with Crippen LogP contribution in [0.1, 0.15) is 39.0 Å². The third-order valence-corrected chi connectivity index (χ3v) is 11.0. The van der Waals surface area contributed by atoms with Crippen molar-refractivity contribution in [2.24, 2.45) is 0 Å². The van der Waals surface area contributed by atoms with Crippen molar-refractivity contribution in [3.8, 4) is 0 Å². The third-order valence-electron chi connectivity index (χ3n) is 4.32. The fraction of sp³-hybridized carbons (Fsp3) is 0.867. The molecule has 0 unspecified atom stereocenters. The Balaban J connectivity index is 2.68. The van der Waals surface area contributed by atoms with Crippen LogP contribution in [0.2, 0.25) is 14.8 Å². The van der Waals surface area contributed by atoms with Crippen molar-refractivity contribution in [3.05, 3.63) is 9.56 Å². The van der Waals surface area contributed by atoms with Gasteiger partial charge in [-0.1, -0.05) is 0 Å². The van der Waals surface area contributed by atoms with Crippen molar-refractivity contribution in [1.29, 1.82) is 0 Å². The number of nitrogens with zero attached hydrogens (tertiary/aromatic N) is 2. The summed E-state index contributed by atoms with van der Waals surface area (Å²) in [6, 6.07) is 0. The summed E-state index contributed by atoms with van der Waals surface area (Å²) in [5.74, 6) is 2.62. The van der Waals surface area contributed by atoms with E-state index < -0.39 is 18.4 Å². The quantitative estimate of drug-likeness (QED) is 0.498. The van der Waals surface area contributed by atoms with Gasteiger partial charge in [-0.15, -0.1) is 0 Å². The predicted molar refractivity (Wildman–Crippen MR) is 91.2 cm³/mol. The molecule has 1 saturated heterocycles. The summed E-state index contributed by atoms with van der Waals surface area (Å²) in [7, 11) is 4.52. The molecule has 1 heterocycles. The molecule has 19 heavy (non-hydrogen) atoms. The van der Waals surface area contributed by atoms with Gasteiger partial charge in [0.15, 0.2) is 0 Å². The Morgan fingerprint density at radius 3 is 2.11 bits per heavy atom. The van der Waals surface area contributed by atoms with Crippen molar-refractivity contribution in [3.63, 3.8) is 0 Å². The molecule has 0 aromatic rings. The first-order valence-electron chi connectivity index (χ1n) is 7.98. The number of rotatable bonds is 7. The topological polar surface area (TPSA) is 6.48 Å². The van der Waals surface area contributed by atoms with Gasteiger partial charge in [0.25, 0.3) is 0 Å². The van der Waals surface area contributed by atoms with Crippen LogP contribution in [0.4, 0.5) is 0 Å². The zero-order valence-electron chi connectivity index (χ0n) is 14.0. The number of unbranched alkanes of at least 4 members (excludes halogenated alkanes) is 3. The van der Waals surface area contributed by atoms with Crippen LogP contribution in [-0.4, -0.2) is 62.2 Å². The normalized spacial score (nSPS) is 19.5. The Labute approximate surface area is 125 Å². The number of hydrogen-bond acceptors (Lipinski definition) is 2. The molecule has 2 nitrogen and oxygen atoms in total. The van der Waals surface area contributed by atoms with Gasteiger partial charge in [0.1, 0.15) is 0 Å². The molecule has 0 bridgehead atoms. The molecular weight excluding hydrogens is 338 g/mol. The van der Waals surface area contributed by atoms with Gasteiger partial charge < -0.3 is 0 Å². The molecule has 1 fully saturated rings. The summed E-state index contributed by atoms with van der Waals surface area (Å²) in [6.45, 7) is 5.26. The zero-order chi connectivity index (χ0) is 14.5. The van der Waals surface area contributed by atoms with Crippen molar-refractivity contribution < 1.29 is 0 Å². The van der Waals surface area contributed by atoms with Crippen molar-refractivity contribution in [2.45, 2.75) is 53.8 Å². The van der Waals surface area contributed by atoms with Crippen LogP contribution in [0.15, 0.2) is 9.56 Å². The van der Waals surface area contributed by atoms with E-state index in [2.05, 4.69) is 51.4 Å². The van der Waals surface area contributed by atoms with Gasteiger partial charge in [-0.05, 0) is 0 Å². The van der Waals surface area contributed by atoms with E-state index in [1.54, 1.807) is 0 Å². The summed E-state index contributed by atoms with van der Waals surface area (Å²) in [6.07, 6.45) is 6.90. The average Bonchev–Trinajstić information content (AvgIpc) is 2.62. The molecular formula is C15H33BN2Sn. The summed E-state index contributed by atoms with van der Waals surface area (Å²) >= 11 is -1.92. The molecule has 110 valence electrons. The van der Waals surface area contributed by atoms with Gasteiger partial charge in [-0.2, -0.15) is 0 Å². The molecule has 0 aliphatic carbocycles. The Morgan fingerprint density at radius 1 is 1.05 bits per heavy atom. The molecule has 1 aliphatic rings. The maximum atomic E-state index is 2.62. The Morgan fingerprint density at radius 2 is 1.63 bits per heavy atom. The van der Waals surface area contributed by atoms with Crippen LogP contribution in [0.25, 0.3) is 0 Å². The molecule has 0 atom stereocenters. The molecule has 0 saturated carbocycles. The molecule has 1 rings (SSSR count). The van der Waals surface area contributed by atoms with Crippen LogP contribution >= 0.6 is 0 Å². The van der Waals surface area contributed by atoms with E-state index >= 15 is 0 Å². The first-order valence-corrected chi connectivity index (χ1v) is 18.0. The van der Waals surface area contributed by atoms with E-state index in [-0.39, 0.29) is 0 Å². The van der Waals surface area contributed by atoms with E-state index in [1.165, 1.54) is 45.2 Å². The SMILES string of the molecule is CCCCCC/[C](=C/B1N(C)CCN1C)[Sn]([CH3])([CH3])[CH3]. The molecule has 4 heteroatoms. The van der Waals surface area contributed by atoms with Gasteiger partial charge in [-0.3, -0.25) is 0 Å². The van der Waals surface area contributed by atoms with E-state index in [4.69, 9.17) is 0 Å². The van der Waals surface area contributed by atoms with Gasteiger partial charge >= 0.3 is 126 Å². The Hall–Kier alpha value is 0.524.